The molecule has 0 saturated carbocycles. The molecular weight excluding hydrogens is 422 g/mol. The van der Waals surface area contributed by atoms with Gasteiger partial charge in [0.15, 0.2) is 11.6 Å². The van der Waals surface area contributed by atoms with Gasteiger partial charge in [0.05, 0.1) is 31.8 Å². The van der Waals surface area contributed by atoms with E-state index in [0.29, 0.717) is 60.7 Å². The molecule has 1 spiro atoms. The quantitative estimate of drug-likeness (QED) is 0.618. The Morgan fingerprint density at radius 1 is 1.03 bits per heavy atom. The van der Waals surface area contributed by atoms with Gasteiger partial charge in [0.25, 0.3) is 0 Å². The molecule has 2 aliphatic rings. The van der Waals surface area contributed by atoms with Crippen LogP contribution in [0.4, 0.5) is 0 Å². The fourth-order valence-electron chi connectivity index (χ4n) is 4.60. The Kier molecular flexibility index (Phi) is 6.40. The number of Topliss-reactive ketones (excluding diaryl/α,β-unsaturated/α-hetero) is 2. The number of amides is 1. The van der Waals surface area contributed by atoms with E-state index in [9.17, 15) is 14.4 Å². The molecule has 7 nitrogen and oxygen atoms in total. The number of carbonyl (C=O) groups excluding carboxylic acids is 3. The Morgan fingerprint density at radius 2 is 1.79 bits per heavy atom. The van der Waals surface area contributed by atoms with Crippen molar-refractivity contribution in [1.29, 1.82) is 0 Å². The zero-order valence-corrected chi connectivity index (χ0v) is 19.3. The maximum atomic E-state index is 12.8. The molecule has 0 unspecified atom stereocenters. The fourth-order valence-corrected chi connectivity index (χ4v) is 4.60. The van der Waals surface area contributed by atoms with Crippen LogP contribution in [0, 0.1) is 6.92 Å². The molecule has 33 heavy (non-hydrogen) atoms. The summed E-state index contributed by atoms with van der Waals surface area (Å²) < 4.78 is 16.8. The summed E-state index contributed by atoms with van der Waals surface area (Å²) in [6.07, 6.45) is 1.72. The number of methoxy groups -OCH3 is 2. The molecule has 1 fully saturated rings. The van der Waals surface area contributed by atoms with Gasteiger partial charge in [-0.15, -0.1) is 0 Å². The first-order chi connectivity index (χ1) is 15.8. The lowest BCUT2D eigenvalue weighted by Gasteiger charge is -2.44. The van der Waals surface area contributed by atoms with Gasteiger partial charge in [-0.05, 0) is 31.2 Å². The van der Waals surface area contributed by atoms with Crippen molar-refractivity contribution in [2.24, 2.45) is 0 Å². The summed E-state index contributed by atoms with van der Waals surface area (Å²) in [4.78, 5) is 40.0. The first-order valence-electron chi connectivity index (χ1n) is 11.2. The van der Waals surface area contributed by atoms with Gasteiger partial charge < -0.3 is 19.1 Å². The Bertz CT molecular complexity index is 1080. The van der Waals surface area contributed by atoms with Crippen molar-refractivity contribution >= 4 is 17.5 Å². The number of benzene rings is 2. The minimum absolute atomic E-state index is 0.0522. The molecule has 0 N–H and O–H groups in total. The highest BCUT2D eigenvalue weighted by Crippen LogP contribution is 2.40. The number of likely N-dealkylation sites (tertiary alicyclic amines) is 1. The van der Waals surface area contributed by atoms with Crippen molar-refractivity contribution in [3.05, 3.63) is 53.1 Å². The van der Waals surface area contributed by atoms with E-state index in [4.69, 9.17) is 14.2 Å². The second-order valence-electron chi connectivity index (χ2n) is 8.75. The topological polar surface area (TPSA) is 82.1 Å². The van der Waals surface area contributed by atoms with E-state index in [2.05, 4.69) is 0 Å². The van der Waals surface area contributed by atoms with Gasteiger partial charge in [-0.25, -0.2) is 0 Å². The van der Waals surface area contributed by atoms with E-state index < -0.39 is 5.60 Å². The highest BCUT2D eigenvalue weighted by atomic mass is 16.5. The Labute approximate surface area is 193 Å². The largest absolute Gasteiger partial charge is 0.497 e. The lowest BCUT2D eigenvalue weighted by atomic mass is 9.82. The highest BCUT2D eigenvalue weighted by molar-refractivity contribution is 6.01. The normalized spacial score (nSPS) is 16.7. The average molecular weight is 452 g/mol. The van der Waals surface area contributed by atoms with E-state index in [1.165, 1.54) is 7.11 Å². The smallest absolute Gasteiger partial charge is 0.223 e. The molecule has 4 rings (SSSR count). The second-order valence-corrected chi connectivity index (χ2v) is 8.75. The zero-order valence-electron chi connectivity index (χ0n) is 19.3. The fraction of sp³-hybridized carbons (Fsp3) is 0.423. The third-order valence-corrected chi connectivity index (χ3v) is 6.55. The molecule has 0 aromatic heterocycles. The molecular formula is C26H29NO6. The Hall–Kier alpha value is -3.35. The van der Waals surface area contributed by atoms with Gasteiger partial charge >= 0.3 is 0 Å². The van der Waals surface area contributed by atoms with E-state index in [1.807, 2.05) is 13.0 Å². The summed E-state index contributed by atoms with van der Waals surface area (Å²) in [5, 5.41) is 0. The minimum atomic E-state index is -0.599. The van der Waals surface area contributed by atoms with Crippen molar-refractivity contribution in [2.45, 2.75) is 44.6 Å². The van der Waals surface area contributed by atoms with Gasteiger partial charge in [-0.3, -0.25) is 14.4 Å². The Balaban J connectivity index is 1.35. The van der Waals surface area contributed by atoms with Crippen LogP contribution in [0.1, 0.15) is 58.4 Å². The number of hydrogen-bond donors (Lipinski definition) is 0. The van der Waals surface area contributed by atoms with Crippen LogP contribution in [0.5, 0.6) is 17.2 Å². The molecule has 0 radical (unpaired) electrons. The molecule has 1 amide bonds. The van der Waals surface area contributed by atoms with Crippen molar-refractivity contribution in [3.8, 4) is 17.2 Å². The average Bonchev–Trinajstić information content (AvgIpc) is 2.82. The highest BCUT2D eigenvalue weighted by Gasteiger charge is 2.43. The van der Waals surface area contributed by atoms with Crippen LogP contribution in [0.3, 0.4) is 0 Å². The van der Waals surface area contributed by atoms with Gasteiger partial charge in [-0.1, -0.05) is 11.6 Å². The number of hydrogen-bond acceptors (Lipinski definition) is 6. The molecule has 2 heterocycles. The number of aryl methyl sites for hydroxylation is 1. The molecule has 7 heteroatoms. The molecule has 2 aromatic carbocycles. The SMILES string of the molecule is COc1ccc2c(c1)OC1(CCN(C(=O)CCC(=O)c3cc(C)ccc3OC)CC1)CC2=O. The van der Waals surface area contributed by atoms with E-state index in [1.54, 1.807) is 42.3 Å². The number of fused-ring (bicyclic) bond motifs is 1. The number of rotatable bonds is 6. The van der Waals surface area contributed by atoms with Crippen molar-refractivity contribution in [3.63, 3.8) is 0 Å². The summed E-state index contributed by atoms with van der Waals surface area (Å²) in [5.74, 6) is 1.59. The third kappa shape index (κ3) is 4.72. The lowest BCUT2D eigenvalue weighted by molar-refractivity contribution is -0.134. The van der Waals surface area contributed by atoms with Gasteiger partial charge in [0.1, 0.15) is 22.8 Å². The Morgan fingerprint density at radius 3 is 2.48 bits per heavy atom. The maximum Gasteiger partial charge on any atom is 0.223 e. The maximum absolute atomic E-state index is 12.8. The summed E-state index contributed by atoms with van der Waals surface area (Å²) in [6.45, 7) is 2.90. The van der Waals surface area contributed by atoms with Crippen LogP contribution in [0.15, 0.2) is 36.4 Å². The molecule has 0 aliphatic carbocycles. The molecule has 0 bridgehead atoms. The summed E-state index contributed by atoms with van der Waals surface area (Å²) >= 11 is 0. The van der Waals surface area contributed by atoms with Crippen LogP contribution in [0.25, 0.3) is 0 Å². The number of ether oxygens (including phenoxy) is 3. The first-order valence-corrected chi connectivity index (χ1v) is 11.2. The van der Waals surface area contributed by atoms with Crippen molar-refractivity contribution < 1.29 is 28.6 Å². The number of nitrogens with zero attached hydrogens (tertiary/aromatic N) is 1. The summed E-state index contributed by atoms with van der Waals surface area (Å²) in [6, 6.07) is 10.7. The van der Waals surface area contributed by atoms with E-state index in [-0.39, 0.29) is 30.3 Å². The first kappa shape index (κ1) is 22.8. The lowest BCUT2D eigenvalue weighted by Crippen LogP contribution is -2.52. The van der Waals surface area contributed by atoms with Crippen molar-refractivity contribution in [1.82, 2.24) is 4.90 Å². The summed E-state index contributed by atoms with van der Waals surface area (Å²) in [7, 11) is 3.11. The van der Waals surface area contributed by atoms with Crippen LogP contribution < -0.4 is 14.2 Å². The van der Waals surface area contributed by atoms with Gasteiger partial charge in [-0.2, -0.15) is 0 Å². The molecule has 2 aromatic rings. The minimum Gasteiger partial charge on any atom is -0.497 e. The molecule has 174 valence electrons. The van der Waals surface area contributed by atoms with Crippen LogP contribution in [-0.4, -0.2) is 55.3 Å². The number of carbonyl (C=O) groups is 3. The predicted molar refractivity (Wildman–Crippen MR) is 122 cm³/mol. The number of piperidine rings is 1. The molecule has 2 aliphatic heterocycles. The number of ketones is 2. The monoisotopic (exact) mass is 451 g/mol. The van der Waals surface area contributed by atoms with Gasteiger partial charge in [0, 0.05) is 44.8 Å². The molecule has 1 saturated heterocycles. The van der Waals surface area contributed by atoms with Crippen molar-refractivity contribution in [2.75, 3.05) is 27.3 Å². The van der Waals surface area contributed by atoms with Crippen LogP contribution in [0.2, 0.25) is 0 Å². The standard InChI is InChI=1S/C26H29NO6/c1-17-4-8-23(32-3)20(14-17)21(28)7-9-25(30)27-12-10-26(11-13-27)16-22(29)19-6-5-18(31-2)15-24(19)33-26/h4-6,8,14-15H,7,9-13,16H2,1-3H3. The third-order valence-electron chi connectivity index (χ3n) is 6.55. The summed E-state index contributed by atoms with van der Waals surface area (Å²) in [5.41, 5.74) is 1.45. The predicted octanol–water partition coefficient (Wildman–Crippen LogP) is 4.00. The van der Waals surface area contributed by atoms with Crippen LogP contribution >= 0.6 is 0 Å². The molecule has 0 atom stereocenters. The van der Waals surface area contributed by atoms with Gasteiger partial charge in [0.2, 0.25) is 5.91 Å². The zero-order chi connectivity index (χ0) is 23.6. The van der Waals surface area contributed by atoms with E-state index in [0.717, 1.165) is 5.56 Å². The van der Waals surface area contributed by atoms with E-state index >= 15 is 0 Å². The second kappa shape index (κ2) is 9.25. The van der Waals surface area contributed by atoms with Crippen LogP contribution in [-0.2, 0) is 4.79 Å².